The van der Waals surface area contributed by atoms with Gasteiger partial charge in [0.25, 0.3) is 0 Å². The lowest BCUT2D eigenvalue weighted by atomic mass is 9.95. The van der Waals surface area contributed by atoms with E-state index in [0.717, 1.165) is 17.1 Å². The quantitative estimate of drug-likeness (QED) is 0.190. The van der Waals surface area contributed by atoms with Gasteiger partial charge in [0.05, 0.1) is 5.52 Å². The van der Waals surface area contributed by atoms with Gasteiger partial charge in [0.1, 0.15) is 0 Å². The zero-order chi connectivity index (χ0) is 29.9. The van der Waals surface area contributed by atoms with Gasteiger partial charge in [-0.15, -0.1) is 0 Å². The first-order valence-electron chi connectivity index (χ1n) is 15.5. The predicted molar refractivity (Wildman–Crippen MR) is 193 cm³/mol. The molecule has 45 heavy (non-hydrogen) atoms. The van der Waals surface area contributed by atoms with Crippen LogP contribution in [0.4, 0.5) is 17.1 Å². The fraction of sp³-hybridized carbons (Fsp3) is 0.0233. The monoisotopic (exact) mass is 574 g/mol. The lowest BCUT2D eigenvalue weighted by Gasteiger charge is -2.26. The summed E-state index contributed by atoms with van der Waals surface area (Å²) in [5, 5.41) is 10.3. The average molecular weight is 575 g/mol. The van der Waals surface area contributed by atoms with Gasteiger partial charge in [-0.25, -0.2) is 0 Å². The Bertz CT molecular complexity index is 2540. The topological polar surface area (TPSA) is 8.17 Å². The van der Waals surface area contributed by atoms with E-state index in [2.05, 4.69) is 180 Å². The highest BCUT2D eigenvalue weighted by Crippen LogP contribution is 2.42. The molecule has 0 N–H and O–H groups in total. The van der Waals surface area contributed by atoms with Crippen LogP contribution in [0.1, 0.15) is 0 Å². The Hall–Kier alpha value is -5.86. The van der Waals surface area contributed by atoms with Crippen LogP contribution >= 0.6 is 0 Å². The molecular formula is C43H30N2. The van der Waals surface area contributed by atoms with E-state index in [1.165, 1.54) is 65.3 Å². The fourth-order valence-electron chi connectivity index (χ4n) is 7.22. The van der Waals surface area contributed by atoms with E-state index in [9.17, 15) is 0 Å². The number of aromatic nitrogens is 1. The van der Waals surface area contributed by atoms with Gasteiger partial charge in [-0.1, -0.05) is 115 Å². The van der Waals surface area contributed by atoms with E-state index in [-0.39, 0.29) is 0 Å². The minimum Gasteiger partial charge on any atom is -0.343 e. The molecular weight excluding hydrogens is 544 g/mol. The zero-order valence-corrected chi connectivity index (χ0v) is 25.0. The lowest BCUT2D eigenvalue weighted by Crippen LogP contribution is -2.09. The number of rotatable bonds is 4. The van der Waals surface area contributed by atoms with Gasteiger partial charge < -0.3 is 9.47 Å². The van der Waals surface area contributed by atoms with Gasteiger partial charge in [-0.2, -0.15) is 0 Å². The second-order valence-electron chi connectivity index (χ2n) is 11.9. The summed E-state index contributed by atoms with van der Waals surface area (Å²) >= 11 is 0. The van der Waals surface area contributed by atoms with Crippen molar-refractivity contribution < 1.29 is 0 Å². The predicted octanol–water partition coefficient (Wildman–Crippen LogP) is 11.9. The Balaban J connectivity index is 1.19. The smallest absolute Gasteiger partial charge is 0.0574 e. The highest BCUT2D eigenvalue weighted by atomic mass is 15.1. The van der Waals surface area contributed by atoms with Gasteiger partial charge in [-0.05, 0) is 86.6 Å². The van der Waals surface area contributed by atoms with Crippen LogP contribution in [0.3, 0.4) is 0 Å². The molecule has 0 fully saturated rings. The zero-order valence-electron chi connectivity index (χ0n) is 25.0. The Morgan fingerprint density at radius 2 is 0.978 bits per heavy atom. The van der Waals surface area contributed by atoms with Crippen LogP contribution in [-0.2, 0) is 7.05 Å². The van der Waals surface area contributed by atoms with Crippen LogP contribution in [0, 0.1) is 0 Å². The van der Waals surface area contributed by atoms with Crippen LogP contribution in [0.5, 0.6) is 0 Å². The summed E-state index contributed by atoms with van der Waals surface area (Å²) in [4.78, 5) is 2.33. The molecule has 212 valence electrons. The molecule has 0 radical (unpaired) electrons. The van der Waals surface area contributed by atoms with Gasteiger partial charge in [0.2, 0.25) is 0 Å². The van der Waals surface area contributed by atoms with Crippen LogP contribution < -0.4 is 4.90 Å². The van der Waals surface area contributed by atoms with Gasteiger partial charge >= 0.3 is 0 Å². The van der Waals surface area contributed by atoms with Crippen LogP contribution in [0.25, 0.3) is 65.3 Å². The van der Waals surface area contributed by atoms with Crippen molar-refractivity contribution in [2.24, 2.45) is 7.05 Å². The number of aryl methyl sites for hydroxylation is 1. The van der Waals surface area contributed by atoms with Gasteiger partial charge in [-0.3, -0.25) is 0 Å². The molecule has 8 aromatic carbocycles. The number of anilines is 3. The lowest BCUT2D eigenvalue weighted by molar-refractivity contribution is 1.02. The molecule has 0 amide bonds. The summed E-state index contributed by atoms with van der Waals surface area (Å²) in [5.41, 5.74) is 8.37. The van der Waals surface area contributed by atoms with Crippen molar-refractivity contribution in [3.8, 4) is 11.1 Å². The Labute approximate surface area is 262 Å². The minimum atomic E-state index is 1.13. The van der Waals surface area contributed by atoms with E-state index in [1.807, 2.05) is 0 Å². The van der Waals surface area contributed by atoms with E-state index in [1.54, 1.807) is 0 Å². The molecule has 0 atom stereocenters. The first-order valence-corrected chi connectivity index (χ1v) is 15.5. The van der Waals surface area contributed by atoms with Crippen molar-refractivity contribution in [1.82, 2.24) is 4.57 Å². The molecule has 0 aliphatic rings. The van der Waals surface area contributed by atoms with Crippen LogP contribution in [-0.4, -0.2) is 4.57 Å². The van der Waals surface area contributed by atoms with E-state index < -0.39 is 0 Å². The highest BCUT2D eigenvalue weighted by molar-refractivity contribution is 6.31. The Morgan fingerprint density at radius 1 is 0.400 bits per heavy atom. The molecule has 9 aromatic rings. The first kappa shape index (κ1) is 25.6. The Kier molecular flexibility index (Phi) is 5.76. The van der Waals surface area contributed by atoms with Crippen molar-refractivity contribution in [3.05, 3.63) is 164 Å². The molecule has 0 aliphatic heterocycles. The third-order valence-electron chi connectivity index (χ3n) is 9.33. The second kappa shape index (κ2) is 10.1. The number of benzene rings is 8. The minimum absolute atomic E-state index is 1.13. The van der Waals surface area contributed by atoms with Crippen LogP contribution in [0.15, 0.2) is 164 Å². The van der Waals surface area contributed by atoms with Crippen molar-refractivity contribution in [2.45, 2.75) is 0 Å². The van der Waals surface area contributed by atoms with Crippen molar-refractivity contribution in [1.29, 1.82) is 0 Å². The maximum Gasteiger partial charge on any atom is 0.0574 e. The third kappa shape index (κ3) is 4.03. The molecule has 1 heterocycles. The van der Waals surface area contributed by atoms with Crippen molar-refractivity contribution >= 4 is 71.2 Å². The number of para-hydroxylation sites is 1. The van der Waals surface area contributed by atoms with Crippen LogP contribution in [0.2, 0.25) is 0 Å². The number of nitrogens with zero attached hydrogens (tertiary/aromatic N) is 2. The van der Waals surface area contributed by atoms with Crippen molar-refractivity contribution in [2.75, 3.05) is 4.90 Å². The number of hydrogen-bond donors (Lipinski definition) is 0. The summed E-state index contributed by atoms with van der Waals surface area (Å²) < 4.78 is 2.37. The molecule has 0 saturated heterocycles. The van der Waals surface area contributed by atoms with Gasteiger partial charge in [0.15, 0.2) is 0 Å². The van der Waals surface area contributed by atoms with E-state index in [0.29, 0.717) is 0 Å². The standard InChI is InChI=1S/C43H30N2/c1-44-41-26-22-32(28-40(41)42-38-17-9-7-15-36(38)37-16-8-10-18-39(37)43(42)44)30-19-23-34(24-20-30)45(33-13-3-2-4-14-33)35-25-21-29-11-5-6-12-31(29)27-35/h2-28H,1H3. The van der Waals surface area contributed by atoms with E-state index >= 15 is 0 Å². The average Bonchev–Trinajstić information content (AvgIpc) is 3.41. The third-order valence-corrected chi connectivity index (χ3v) is 9.33. The number of fused-ring (bicyclic) bond motifs is 9. The molecule has 0 spiro atoms. The molecule has 0 unspecified atom stereocenters. The molecule has 1 aromatic heterocycles. The largest absolute Gasteiger partial charge is 0.343 e. The summed E-state index contributed by atoms with van der Waals surface area (Å²) in [6.45, 7) is 0. The molecule has 9 rings (SSSR count). The SMILES string of the molecule is Cn1c2ccc(-c3ccc(N(c4ccccc4)c4ccc5ccccc5c4)cc3)cc2c2c3ccccc3c3ccccc3c21. The second-order valence-corrected chi connectivity index (χ2v) is 11.9. The maximum absolute atomic E-state index is 2.38. The molecule has 0 saturated carbocycles. The highest BCUT2D eigenvalue weighted by Gasteiger charge is 2.17. The Morgan fingerprint density at radius 3 is 1.76 bits per heavy atom. The molecule has 2 nitrogen and oxygen atoms in total. The first-order chi connectivity index (χ1) is 22.2. The molecule has 0 aliphatic carbocycles. The van der Waals surface area contributed by atoms with Gasteiger partial charge in [0, 0.05) is 45.8 Å². The molecule has 2 heteroatoms. The fourth-order valence-corrected chi connectivity index (χ4v) is 7.22. The summed E-state index contributed by atoms with van der Waals surface area (Å²) in [6.07, 6.45) is 0. The molecule has 0 bridgehead atoms. The normalized spacial score (nSPS) is 11.7. The summed E-state index contributed by atoms with van der Waals surface area (Å²) in [5.74, 6) is 0. The summed E-state index contributed by atoms with van der Waals surface area (Å²) in [6, 6.07) is 59.4. The summed E-state index contributed by atoms with van der Waals surface area (Å²) in [7, 11) is 2.20. The van der Waals surface area contributed by atoms with Crippen molar-refractivity contribution in [3.63, 3.8) is 0 Å². The number of hydrogen-bond acceptors (Lipinski definition) is 1. The van der Waals surface area contributed by atoms with E-state index in [4.69, 9.17) is 0 Å². The maximum atomic E-state index is 2.38.